The number of amides is 1. The average Bonchev–Trinajstić information content (AvgIpc) is 2.55. The van der Waals surface area contributed by atoms with E-state index in [1.165, 1.54) is 7.11 Å². The van der Waals surface area contributed by atoms with E-state index >= 15 is 0 Å². The number of methoxy groups -OCH3 is 1. The molecule has 5 heteroatoms. The summed E-state index contributed by atoms with van der Waals surface area (Å²) in [7, 11) is 1.39. The molecule has 1 aromatic carbocycles. The first kappa shape index (κ1) is 19.3. The van der Waals surface area contributed by atoms with Gasteiger partial charge in [-0.05, 0) is 56.2 Å². The summed E-state index contributed by atoms with van der Waals surface area (Å²) in [6, 6.07) is 7.61. The molecule has 1 heterocycles. The topological polar surface area (TPSA) is 55.8 Å². The quantitative estimate of drug-likeness (QED) is 0.759. The summed E-state index contributed by atoms with van der Waals surface area (Å²) < 4.78 is 10.3. The Labute approximate surface area is 150 Å². The number of nitrogens with zero attached hydrogens (tertiary/aromatic N) is 1. The van der Waals surface area contributed by atoms with Gasteiger partial charge in [-0.2, -0.15) is 0 Å². The summed E-state index contributed by atoms with van der Waals surface area (Å²) >= 11 is 0. The van der Waals surface area contributed by atoms with Crippen LogP contribution in [0, 0.1) is 5.92 Å². The Morgan fingerprint density at radius 1 is 1.28 bits per heavy atom. The number of hydrogen-bond acceptors (Lipinski definition) is 4. The maximum Gasteiger partial charge on any atom is 0.410 e. The number of esters is 1. The maximum absolute atomic E-state index is 12.3. The van der Waals surface area contributed by atoms with Crippen LogP contribution in [0.3, 0.4) is 0 Å². The molecular weight excluding hydrogens is 318 g/mol. The normalized spacial score (nSPS) is 23.9. The van der Waals surface area contributed by atoms with Crippen molar-refractivity contribution in [2.45, 2.75) is 52.1 Å². The highest BCUT2D eigenvalue weighted by molar-refractivity contribution is 5.89. The van der Waals surface area contributed by atoms with Gasteiger partial charge in [0.05, 0.1) is 12.7 Å². The molecule has 138 valence electrons. The standard InChI is InChI=1S/C20H29NO4/c1-14-13-21(18(23)25-19(2,3)4)11-10-20(14,5)16-9-7-8-15(12-16)17(22)24-6/h7-9,12,14H,10-11,13H2,1-6H3/t14?,20-/m1/s1. The van der Waals surface area contributed by atoms with Gasteiger partial charge in [0.2, 0.25) is 0 Å². The molecule has 1 saturated heterocycles. The largest absolute Gasteiger partial charge is 0.465 e. The van der Waals surface area contributed by atoms with Crippen molar-refractivity contribution in [1.82, 2.24) is 4.90 Å². The second-order valence-corrected chi connectivity index (χ2v) is 8.07. The van der Waals surface area contributed by atoms with Crippen molar-refractivity contribution in [3.63, 3.8) is 0 Å². The van der Waals surface area contributed by atoms with Gasteiger partial charge in [-0.3, -0.25) is 0 Å². The fraction of sp³-hybridized carbons (Fsp3) is 0.600. The first-order chi connectivity index (χ1) is 11.6. The summed E-state index contributed by atoms with van der Waals surface area (Å²) in [6.07, 6.45) is 0.558. The average molecular weight is 347 g/mol. The molecule has 5 nitrogen and oxygen atoms in total. The third-order valence-electron chi connectivity index (χ3n) is 5.08. The minimum Gasteiger partial charge on any atom is -0.465 e. The monoisotopic (exact) mass is 347 g/mol. The predicted molar refractivity (Wildman–Crippen MR) is 96.7 cm³/mol. The molecule has 0 N–H and O–H groups in total. The molecule has 0 aromatic heterocycles. The van der Waals surface area contributed by atoms with E-state index in [4.69, 9.17) is 9.47 Å². The molecule has 1 aromatic rings. The van der Waals surface area contributed by atoms with Crippen molar-refractivity contribution in [3.8, 4) is 0 Å². The Morgan fingerprint density at radius 2 is 1.96 bits per heavy atom. The smallest absolute Gasteiger partial charge is 0.410 e. The molecule has 1 fully saturated rings. The molecule has 1 amide bonds. The molecule has 0 aliphatic carbocycles. The molecule has 2 atom stereocenters. The number of hydrogen-bond donors (Lipinski definition) is 0. The summed E-state index contributed by atoms with van der Waals surface area (Å²) in [5, 5.41) is 0. The van der Waals surface area contributed by atoms with Crippen molar-refractivity contribution < 1.29 is 19.1 Å². The first-order valence-electron chi connectivity index (χ1n) is 8.73. The van der Waals surface area contributed by atoms with Crippen LogP contribution in [-0.2, 0) is 14.9 Å². The van der Waals surface area contributed by atoms with E-state index in [0.717, 1.165) is 12.0 Å². The number of piperidine rings is 1. The Hall–Kier alpha value is -2.04. The third kappa shape index (κ3) is 4.33. The Kier molecular flexibility index (Phi) is 5.45. The number of likely N-dealkylation sites (tertiary alicyclic amines) is 1. The third-order valence-corrected chi connectivity index (χ3v) is 5.08. The first-order valence-corrected chi connectivity index (χ1v) is 8.73. The van der Waals surface area contributed by atoms with Crippen LogP contribution in [0.2, 0.25) is 0 Å². The lowest BCUT2D eigenvalue weighted by Crippen LogP contribution is -2.50. The number of rotatable bonds is 2. The summed E-state index contributed by atoms with van der Waals surface area (Å²) in [5.74, 6) is -0.0917. The van der Waals surface area contributed by atoms with Gasteiger partial charge in [0.1, 0.15) is 5.60 Å². The van der Waals surface area contributed by atoms with Crippen molar-refractivity contribution in [2.24, 2.45) is 5.92 Å². The number of carbonyl (C=O) groups excluding carboxylic acids is 2. The lowest BCUT2D eigenvalue weighted by molar-refractivity contribution is 0.00922. The van der Waals surface area contributed by atoms with E-state index in [0.29, 0.717) is 18.7 Å². The van der Waals surface area contributed by atoms with Crippen molar-refractivity contribution >= 4 is 12.1 Å². The van der Waals surface area contributed by atoms with Crippen LogP contribution in [0.4, 0.5) is 4.79 Å². The van der Waals surface area contributed by atoms with Crippen LogP contribution >= 0.6 is 0 Å². The van der Waals surface area contributed by atoms with Crippen LogP contribution in [0.25, 0.3) is 0 Å². The minimum absolute atomic E-state index is 0.109. The zero-order valence-corrected chi connectivity index (χ0v) is 16.1. The van der Waals surface area contributed by atoms with Crippen LogP contribution < -0.4 is 0 Å². The number of benzene rings is 1. The Morgan fingerprint density at radius 3 is 2.52 bits per heavy atom. The van der Waals surface area contributed by atoms with Gasteiger partial charge in [-0.25, -0.2) is 9.59 Å². The minimum atomic E-state index is -0.490. The van der Waals surface area contributed by atoms with E-state index in [1.54, 1.807) is 11.0 Å². The second kappa shape index (κ2) is 7.06. The highest BCUT2D eigenvalue weighted by Gasteiger charge is 2.40. The van der Waals surface area contributed by atoms with Gasteiger partial charge in [0.25, 0.3) is 0 Å². The van der Waals surface area contributed by atoms with E-state index in [-0.39, 0.29) is 23.4 Å². The summed E-state index contributed by atoms with van der Waals surface area (Å²) in [5.41, 5.74) is 1.06. The molecule has 1 unspecified atom stereocenters. The van der Waals surface area contributed by atoms with Crippen LogP contribution in [0.15, 0.2) is 24.3 Å². The van der Waals surface area contributed by atoms with Gasteiger partial charge in [-0.15, -0.1) is 0 Å². The lowest BCUT2D eigenvalue weighted by Gasteiger charge is -2.45. The van der Waals surface area contributed by atoms with Crippen LogP contribution in [0.1, 0.15) is 57.0 Å². The molecule has 25 heavy (non-hydrogen) atoms. The van der Waals surface area contributed by atoms with Crippen LogP contribution in [-0.4, -0.2) is 42.8 Å². The van der Waals surface area contributed by atoms with Crippen molar-refractivity contribution in [2.75, 3.05) is 20.2 Å². The molecule has 2 rings (SSSR count). The van der Waals surface area contributed by atoms with E-state index in [9.17, 15) is 9.59 Å². The summed E-state index contributed by atoms with van der Waals surface area (Å²) in [4.78, 5) is 25.9. The van der Waals surface area contributed by atoms with E-state index < -0.39 is 5.60 Å². The van der Waals surface area contributed by atoms with Crippen LogP contribution in [0.5, 0.6) is 0 Å². The summed E-state index contributed by atoms with van der Waals surface area (Å²) in [6.45, 7) is 11.2. The number of carbonyl (C=O) groups is 2. The zero-order chi connectivity index (χ0) is 18.8. The highest BCUT2D eigenvalue weighted by atomic mass is 16.6. The molecule has 1 aliphatic heterocycles. The second-order valence-electron chi connectivity index (χ2n) is 8.07. The maximum atomic E-state index is 12.3. The highest BCUT2D eigenvalue weighted by Crippen LogP contribution is 2.40. The molecule has 0 radical (unpaired) electrons. The Bertz CT molecular complexity index is 649. The fourth-order valence-corrected chi connectivity index (χ4v) is 3.28. The van der Waals surface area contributed by atoms with Gasteiger partial charge in [0.15, 0.2) is 0 Å². The van der Waals surface area contributed by atoms with Gasteiger partial charge in [0, 0.05) is 13.1 Å². The van der Waals surface area contributed by atoms with Crippen molar-refractivity contribution in [3.05, 3.63) is 35.4 Å². The SMILES string of the molecule is COC(=O)c1cccc([C@]2(C)CCN(C(=O)OC(C)(C)C)CC2C)c1. The molecule has 1 aliphatic rings. The lowest BCUT2D eigenvalue weighted by atomic mass is 9.68. The molecule has 0 spiro atoms. The molecule has 0 bridgehead atoms. The predicted octanol–water partition coefficient (Wildman–Crippen LogP) is 4.01. The van der Waals surface area contributed by atoms with Gasteiger partial charge >= 0.3 is 12.1 Å². The van der Waals surface area contributed by atoms with E-state index in [1.807, 2.05) is 39.0 Å². The number of ether oxygens (including phenoxy) is 2. The zero-order valence-electron chi connectivity index (χ0n) is 16.1. The molecule has 0 saturated carbocycles. The van der Waals surface area contributed by atoms with E-state index in [2.05, 4.69) is 13.8 Å². The molecular formula is C20H29NO4. The fourth-order valence-electron chi connectivity index (χ4n) is 3.28. The van der Waals surface area contributed by atoms with Crippen molar-refractivity contribution in [1.29, 1.82) is 0 Å². The Balaban J connectivity index is 2.16. The van der Waals surface area contributed by atoms with Gasteiger partial charge in [-0.1, -0.05) is 26.0 Å². The van der Waals surface area contributed by atoms with Gasteiger partial charge < -0.3 is 14.4 Å².